The van der Waals surface area contributed by atoms with E-state index in [9.17, 15) is 0 Å². The Morgan fingerprint density at radius 3 is 1.29 bits per heavy atom. The molecule has 0 amide bonds. The minimum atomic E-state index is 0.134. The van der Waals surface area contributed by atoms with Crippen molar-refractivity contribution in [2.75, 3.05) is 0 Å². The molecule has 0 nitrogen and oxygen atoms in total. The standard InChI is InChI=1S/C35H50/c1-5-9-11-13-15-17-19-25-35(26-20-18-16-14-12-10-6-2)33-27-29(7-3)21-23-31(33)32-24-22-30(8-4)28-34(32)35/h7-8,21-24,27-28H,3-6,9-20,25-26H2,1-2H3. The van der Waals surface area contributed by atoms with Crippen LogP contribution in [0.15, 0.2) is 49.6 Å². The van der Waals surface area contributed by atoms with Crippen LogP contribution in [-0.4, -0.2) is 0 Å². The predicted octanol–water partition coefficient (Wildman–Crippen LogP) is 11.5. The molecule has 1 aliphatic rings. The lowest BCUT2D eigenvalue weighted by Crippen LogP contribution is -2.25. The van der Waals surface area contributed by atoms with Gasteiger partial charge in [0.15, 0.2) is 0 Å². The Hall–Kier alpha value is -2.08. The van der Waals surface area contributed by atoms with Crippen LogP contribution >= 0.6 is 0 Å². The molecule has 190 valence electrons. The maximum atomic E-state index is 4.09. The number of unbranched alkanes of at least 4 members (excludes halogenated alkanes) is 12. The summed E-state index contributed by atoms with van der Waals surface area (Å²) in [5, 5.41) is 0. The fraction of sp³-hybridized carbons (Fsp3) is 0.543. The molecule has 0 saturated heterocycles. The molecule has 0 spiro atoms. The molecule has 0 fully saturated rings. The fourth-order valence-electron chi connectivity index (χ4n) is 6.22. The zero-order valence-corrected chi connectivity index (χ0v) is 22.8. The van der Waals surface area contributed by atoms with Crippen LogP contribution in [0.4, 0.5) is 0 Å². The van der Waals surface area contributed by atoms with E-state index in [4.69, 9.17) is 0 Å². The molecule has 2 aromatic carbocycles. The monoisotopic (exact) mass is 470 g/mol. The normalized spacial score (nSPS) is 13.4. The van der Waals surface area contributed by atoms with Crippen molar-refractivity contribution >= 4 is 12.2 Å². The maximum absolute atomic E-state index is 4.09. The van der Waals surface area contributed by atoms with Crippen LogP contribution in [0.25, 0.3) is 23.3 Å². The van der Waals surface area contributed by atoms with Gasteiger partial charge in [-0.15, -0.1) is 0 Å². The lowest BCUT2D eigenvalue weighted by Gasteiger charge is -2.33. The molecule has 1 aliphatic carbocycles. The second-order valence-corrected chi connectivity index (χ2v) is 10.8. The molecule has 0 atom stereocenters. The first kappa shape index (κ1) is 27.5. The summed E-state index contributed by atoms with van der Waals surface area (Å²) in [6.45, 7) is 12.8. The van der Waals surface area contributed by atoms with Gasteiger partial charge in [-0.1, -0.05) is 165 Å². The maximum Gasteiger partial charge on any atom is 0.0215 e. The number of fused-ring (bicyclic) bond motifs is 3. The minimum Gasteiger partial charge on any atom is -0.0985 e. The van der Waals surface area contributed by atoms with E-state index in [-0.39, 0.29) is 5.41 Å². The van der Waals surface area contributed by atoms with Crippen LogP contribution in [0.1, 0.15) is 139 Å². The number of hydrogen-bond acceptors (Lipinski definition) is 0. The summed E-state index contributed by atoms with van der Waals surface area (Å²) in [6, 6.07) is 14.1. The van der Waals surface area contributed by atoms with Crippen molar-refractivity contribution in [2.45, 2.75) is 122 Å². The topological polar surface area (TPSA) is 0 Å². The summed E-state index contributed by atoms with van der Waals surface area (Å²) >= 11 is 0. The van der Waals surface area contributed by atoms with Crippen molar-refractivity contribution in [1.29, 1.82) is 0 Å². The zero-order valence-electron chi connectivity index (χ0n) is 22.8. The number of benzene rings is 2. The van der Waals surface area contributed by atoms with Gasteiger partial charge in [0.2, 0.25) is 0 Å². The summed E-state index contributed by atoms with van der Waals surface area (Å²) in [7, 11) is 0. The van der Waals surface area contributed by atoms with Gasteiger partial charge in [-0.3, -0.25) is 0 Å². The molecule has 0 unspecified atom stereocenters. The van der Waals surface area contributed by atoms with Crippen molar-refractivity contribution < 1.29 is 0 Å². The quantitative estimate of drug-likeness (QED) is 0.190. The highest BCUT2D eigenvalue weighted by Crippen LogP contribution is 2.54. The third-order valence-electron chi connectivity index (χ3n) is 8.29. The van der Waals surface area contributed by atoms with E-state index in [1.165, 1.54) is 125 Å². The van der Waals surface area contributed by atoms with Gasteiger partial charge >= 0.3 is 0 Å². The molecule has 2 aromatic rings. The third kappa shape index (κ3) is 6.99. The molecule has 0 N–H and O–H groups in total. The van der Waals surface area contributed by atoms with E-state index in [2.05, 4.69) is 63.4 Å². The van der Waals surface area contributed by atoms with Gasteiger partial charge in [-0.2, -0.15) is 0 Å². The van der Waals surface area contributed by atoms with E-state index < -0.39 is 0 Å². The van der Waals surface area contributed by atoms with Gasteiger partial charge in [0, 0.05) is 5.41 Å². The van der Waals surface area contributed by atoms with Crippen LogP contribution in [-0.2, 0) is 5.41 Å². The molecule has 0 bridgehead atoms. The summed E-state index contributed by atoms with van der Waals surface area (Å²) in [5.74, 6) is 0. The van der Waals surface area contributed by atoms with Gasteiger partial charge in [0.1, 0.15) is 0 Å². The predicted molar refractivity (Wildman–Crippen MR) is 158 cm³/mol. The largest absolute Gasteiger partial charge is 0.0985 e. The van der Waals surface area contributed by atoms with Crippen LogP contribution in [0.2, 0.25) is 0 Å². The Bertz CT molecular complexity index is 854. The van der Waals surface area contributed by atoms with Gasteiger partial charge < -0.3 is 0 Å². The lowest BCUT2D eigenvalue weighted by molar-refractivity contribution is 0.397. The highest BCUT2D eigenvalue weighted by atomic mass is 14.4. The van der Waals surface area contributed by atoms with Crippen LogP contribution in [0.3, 0.4) is 0 Å². The fourth-order valence-corrected chi connectivity index (χ4v) is 6.22. The number of rotatable bonds is 18. The van der Waals surface area contributed by atoms with E-state index in [0.717, 1.165) is 0 Å². The van der Waals surface area contributed by atoms with E-state index in [1.54, 1.807) is 11.1 Å². The molecule has 0 aliphatic heterocycles. The van der Waals surface area contributed by atoms with E-state index in [0.29, 0.717) is 0 Å². The molecule has 0 heteroatoms. The lowest BCUT2D eigenvalue weighted by atomic mass is 9.70. The molecule has 0 saturated carbocycles. The Kier molecular flexibility index (Phi) is 11.4. The molecule has 0 radical (unpaired) electrons. The van der Waals surface area contributed by atoms with Crippen LogP contribution in [0, 0.1) is 0 Å². The second-order valence-electron chi connectivity index (χ2n) is 10.8. The first-order chi connectivity index (χ1) is 17.2. The highest BCUT2D eigenvalue weighted by molar-refractivity contribution is 5.83. The van der Waals surface area contributed by atoms with Gasteiger partial charge in [0.05, 0.1) is 0 Å². The van der Waals surface area contributed by atoms with Crippen molar-refractivity contribution in [2.24, 2.45) is 0 Å². The molecular formula is C35H50. The smallest absolute Gasteiger partial charge is 0.0215 e. The van der Waals surface area contributed by atoms with Crippen molar-refractivity contribution in [3.63, 3.8) is 0 Å². The van der Waals surface area contributed by atoms with Crippen molar-refractivity contribution in [1.82, 2.24) is 0 Å². The Morgan fingerprint density at radius 1 is 0.543 bits per heavy atom. The molecular weight excluding hydrogens is 420 g/mol. The average Bonchev–Trinajstić information content (AvgIpc) is 3.16. The van der Waals surface area contributed by atoms with Crippen LogP contribution < -0.4 is 0 Å². The average molecular weight is 471 g/mol. The SMILES string of the molecule is C=Cc1ccc2c(c1)C(CCCCCCCCC)(CCCCCCCCC)c1cc(C=C)ccc1-2. The third-order valence-corrected chi connectivity index (χ3v) is 8.29. The molecule has 0 heterocycles. The molecule has 0 aromatic heterocycles. The van der Waals surface area contributed by atoms with E-state index >= 15 is 0 Å². The first-order valence-electron chi connectivity index (χ1n) is 14.7. The molecule has 35 heavy (non-hydrogen) atoms. The number of hydrogen-bond donors (Lipinski definition) is 0. The Balaban J connectivity index is 1.85. The Morgan fingerprint density at radius 2 is 0.914 bits per heavy atom. The van der Waals surface area contributed by atoms with Crippen molar-refractivity contribution in [3.05, 3.63) is 71.8 Å². The van der Waals surface area contributed by atoms with Crippen molar-refractivity contribution in [3.8, 4) is 11.1 Å². The summed E-state index contributed by atoms with van der Waals surface area (Å²) in [6.07, 6.45) is 25.7. The van der Waals surface area contributed by atoms with Gasteiger partial charge in [0.25, 0.3) is 0 Å². The van der Waals surface area contributed by atoms with Gasteiger partial charge in [-0.25, -0.2) is 0 Å². The minimum absolute atomic E-state index is 0.134. The summed E-state index contributed by atoms with van der Waals surface area (Å²) in [5.41, 5.74) is 8.66. The highest BCUT2D eigenvalue weighted by Gasteiger charge is 2.42. The summed E-state index contributed by atoms with van der Waals surface area (Å²) < 4.78 is 0. The van der Waals surface area contributed by atoms with E-state index in [1.807, 2.05) is 12.2 Å². The second kappa shape index (κ2) is 14.5. The zero-order chi connectivity index (χ0) is 24.9. The Labute approximate surface area is 216 Å². The first-order valence-corrected chi connectivity index (χ1v) is 14.7. The molecule has 3 rings (SSSR count). The van der Waals surface area contributed by atoms with Gasteiger partial charge in [-0.05, 0) is 46.2 Å². The summed E-state index contributed by atoms with van der Waals surface area (Å²) in [4.78, 5) is 0. The van der Waals surface area contributed by atoms with Crippen LogP contribution in [0.5, 0.6) is 0 Å².